The summed E-state index contributed by atoms with van der Waals surface area (Å²) in [5.41, 5.74) is 1.15. The molecular formula is C19H31N3O4S. The third-order valence-electron chi connectivity index (χ3n) is 4.98. The highest BCUT2D eigenvalue weighted by molar-refractivity contribution is 7.89. The first-order valence-corrected chi connectivity index (χ1v) is 10.9. The van der Waals surface area contributed by atoms with Gasteiger partial charge in [0.1, 0.15) is 0 Å². The van der Waals surface area contributed by atoms with Crippen LogP contribution in [-0.4, -0.2) is 68.5 Å². The van der Waals surface area contributed by atoms with E-state index >= 15 is 0 Å². The zero-order valence-corrected chi connectivity index (χ0v) is 17.7. The van der Waals surface area contributed by atoms with E-state index in [0.29, 0.717) is 44.0 Å². The Morgan fingerprint density at radius 3 is 2.63 bits per heavy atom. The highest BCUT2D eigenvalue weighted by Gasteiger charge is 2.27. The summed E-state index contributed by atoms with van der Waals surface area (Å²) in [5.74, 6) is -0.154. The molecule has 1 aromatic carbocycles. The van der Waals surface area contributed by atoms with Crippen LogP contribution in [0.2, 0.25) is 0 Å². The largest absolute Gasteiger partial charge is 0.376 e. The monoisotopic (exact) mass is 397 g/mol. The zero-order valence-electron chi connectivity index (χ0n) is 16.9. The van der Waals surface area contributed by atoms with Crippen molar-refractivity contribution in [3.8, 4) is 0 Å². The van der Waals surface area contributed by atoms with Crippen LogP contribution < -0.4 is 5.32 Å². The molecule has 0 saturated carbocycles. The lowest BCUT2D eigenvalue weighted by Gasteiger charge is -2.34. The number of rotatable bonds is 7. The number of sulfonamides is 1. The maximum atomic E-state index is 12.9. The first-order valence-electron chi connectivity index (χ1n) is 9.48. The molecule has 0 aromatic heterocycles. The number of nitrogens with zero attached hydrogens (tertiary/aromatic N) is 2. The van der Waals surface area contributed by atoms with Gasteiger partial charge in [-0.25, -0.2) is 8.42 Å². The van der Waals surface area contributed by atoms with Gasteiger partial charge in [0.2, 0.25) is 15.9 Å². The Morgan fingerprint density at radius 1 is 1.37 bits per heavy atom. The van der Waals surface area contributed by atoms with Crippen LogP contribution >= 0.6 is 0 Å². The molecule has 0 spiro atoms. The molecule has 0 bridgehead atoms. The highest BCUT2D eigenvalue weighted by Crippen LogP contribution is 2.24. The molecule has 8 heteroatoms. The Balaban J connectivity index is 2.19. The maximum Gasteiger partial charge on any atom is 0.243 e. The van der Waals surface area contributed by atoms with E-state index in [0.717, 1.165) is 0 Å². The van der Waals surface area contributed by atoms with Gasteiger partial charge in [0.25, 0.3) is 0 Å². The SMILES string of the molecule is CCN(CC)S(=O)(=O)c1cc(NC(=O)[C@@H](C)N2CCO[C@@H](C)C2)ccc1C. The summed E-state index contributed by atoms with van der Waals surface area (Å²) in [6.45, 7) is 12.0. The molecule has 1 heterocycles. The van der Waals surface area contributed by atoms with Crippen molar-refractivity contribution in [1.29, 1.82) is 0 Å². The second kappa shape index (κ2) is 9.14. The fraction of sp³-hybridized carbons (Fsp3) is 0.632. The summed E-state index contributed by atoms with van der Waals surface area (Å²) in [7, 11) is -3.58. The second-order valence-electron chi connectivity index (χ2n) is 6.91. The van der Waals surface area contributed by atoms with Crippen LogP contribution in [0.5, 0.6) is 0 Å². The smallest absolute Gasteiger partial charge is 0.243 e. The number of aryl methyl sites for hydroxylation is 1. The molecule has 0 radical (unpaired) electrons. The lowest BCUT2D eigenvalue weighted by molar-refractivity contribution is -0.123. The molecule has 0 aliphatic carbocycles. The molecule has 0 unspecified atom stereocenters. The van der Waals surface area contributed by atoms with Gasteiger partial charge in [0.15, 0.2) is 0 Å². The van der Waals surface area contributed by atoms with E-state index < -0.39 is 10.0 Å². The second-order valence-corrected chi connectivity index (χ2v) is 8.82. The van der Waals surface area contributed by atoms with Crippen LogP contribution in [0.15, 0.2) is 23.1 Å². The van der Waals surface area contributed by atoms with Crippen LogP contribution in [0.4, 0.5) is 5.69 Å². The Morgan fingerprint density at radius 2 is 2.04 bits per heavy atom. The van der Waals surface area contributed by atoms with Gasteiger partial charge in [-0.1, -0.05) is 19.9 Å². The van der Waals surface area contributed by atoms with Crippen LogP contribution in [0, 0.1) is 6.92 Å². The summed E-state index contributed by atoms with van der Waals surface area (Å²) in [5, 5.41) is 2.86. The summed E-state index contributed by atoms with van der Waals surface area (Å²) in [6.07, 6.45) is 0.0965. The molecule has 7 nitrogen and oxygen atoms in total. The summed E-state index contributed by atoms with van der Waals surface area (Å²) in [4.78, 5) is 15.0. The van der Waals surface area contributed by atoms with E-state index in [2.05, 4.69) is 10.2 Å². The number of benzene rings is 1. The van der Waals surface area contributed by atoms with E-state index in [9.17, 15) is 13.2 Å². The van der Waals surface area contributed by atoms with Crippen molar-refractivity contribution in [3.63, 3.8) is 0 Å². The number of anilines is 1. The van der Waals surface area contributed by atoms with E-state index in [1.807, 2.05) is 27.7 Å². The van der Waals surface area contributed by atoms with Crippen molar-refractivity contribution in [1.82, 2.24) is 9.21 Å². The van der Waals surface area contributed by atoms with Crippen LogP contribution in [0.25, 0.3) is 0 Å². The fourth-order valence-electron chi connectivity index (χ4n) is 3.27. The predicted octanol–water partition coefficient (Wildman–Crippen LogP) is 2.07. The number of ether oxygens (including phenoxy) is 1. The highest BCUT2D eigenvalue weighted by atomic mass is 32.2. The molecule has 2 rings (SSSR count). The van der Waals surface area contributed by atoms with Gasteiger partial charge in [-0.15, -0.1) is 0 Å². The summed E-state index contributed by atoms with van der Waals surface area (Å²) >= 11 is 0. The number of hydrogen-bond acceptors (Lipinski definition) is 5. The normalized spacial score (nSPS) is 19.9. The van der Waals surface area contributed by atoms with Crippen molar-refractivity contribution in [2.24, 2.45) is 0 Å². The first-order chi connectivity index (χ1) is 12.7. The topological polar surface area (TPSA) is 79.0 Å². The minimum Gasteiger partial charge on any atom is -0.376 e. The zero-order chi connectivity index (χ0) is 20.2. The number of carbonyl (C=O) groups excluding carboxylic acids is 1. The number of nitrogens with one attached hydrogen (secondary N) is 1. The molecule has 1 aliphatic rings. The predicted molar refractivity (Wildman–Crippen MR) is 106 cm³/mol. The van der Waals surface area contributed by atoms with Gasteiger partial charge in [-0.2, -0.15) is 4.31 Å². The number of morpholine rings is 1. The lowest BCUT2D eigenvalue weighted by Crippen LogP contribution is -2.50. The average molecular weight is 398 g/mol. The molecule has 1 saturated heterocycles. The molecule has 1 N–H and O–H groups in total. The average Bonchev–Trinajstić information content (AvgIpc) is 2.63. The minimum atomic E-state index is -3.58. The van der Waals surface area contributed by atoms with Gasteiger partial charge in [0.05, 0.1) is 23.6 Å². The van der Waals surface area contributed by atoms with Gasteiger partial charge in [0, 0.05) is 31.9 Å². The van der Waals surface area contributed by atoms with E-state index in [4.69, 9.17) is 4.74 Å². The van der Waals surface area contributed by atoms with Crippen molar-refractivity contribution in [3.05, 3.63) is 23.8 Å². The Hall–Kier alpha value is -1.48. The molecular weight excluding hydrogens is 366 g/mol. The standard InChI is InChI=1S/C19H31N3O4S/c1-6-22(7-2)27(24,25)18-12-17(9-8-14(18)3)20-19(23)16(5)21-10-11-26-15(4)13-21/h8-9,12,15-16H,6-7,10-11,13H2,1-5H3,(H,20,23)/t15-,16+/m0/s1. The maximum absolute atomic E-state index is 12.9. The molecule has 1 amide bonds. The Bertz CT molecular complexity index is 762. The third kappa shape index (κ3) is 5.07. The van der Waals surface area contributed by atoms with Crippen LogP contribution in [0.1, 0.15) is 33.3 Å². The summed E-state index contributed by atoms with van der Waals surface area (Å²) in [6, 6.07) is 4.70. The minimum absolute atomic E-state index is 0.0965. The Kier molecular flexibility index (Phi) is 7.39. The van der Waals surface area contributed by atoms with Gasteiger partial charge in [-0.05, 0) is 38.5 Å². The van der Waals surface area contributed by atoms with E-state index in [1.165, 1.54) is 4.31 Å². The van der Waals surface area contributed by atoms with Gasteiger partial charge in [-0.3, -0.25) is 9.69 Å². The summed E-state index contributed by atoms with van der Waals surface area (Å²) < 4.78 is 32.7. The third-order valence-corrected chi connectivity index (χ3v) is 7.17. The van der Waals surface area contributed by atoms with Crippen molar-refractivity contribution in [2.45, 2.75) is 51.7 Å². The molecule has 1 aromatic rings. The fourth-order valence-corrected chi connectivity index (χ4v) is 4.98. The Labute approximate surface area is 162 Å². The van der Waals surface area contributed by atoms with Crippen molar-refractivity contribution >= 4 is 21.6 Å². The molecule has 27 heavy (non-hydrogen) atoms. The van der Waals surface area contributed by atoms with Gasteiger partial charge < -0.3 is 10.1 Å². The quantitative estimate of drug-likeness (QED) is 0.762. The van der Waals surface area contributed by atoms with Crippen LogP contribution in [0.3, 0.4) is 0 Å². The van der Waals surface area contributed by atoms with Crippen LogP contribution in [-0.2, 0) is 19.6 Å². The number of hydrogen-bond donors (Lipinski definition) is 1. The molecule has 2 atom stereocenters. The van der Waals surface area contributed by atoms with E-state index in [1.54, 1.807) is 25.1 Å². The van der Waals surface area contributed by atoms with E-state index in [-0.39, 0.29) is 22.9 Å². The number of carbonyl (C=O) groups is 1. The molecule has 1 aliphatic heterocycles. The van der Waals surface area contributed by atoms with Gasteiger partial charge >= 0.3 is 0 Å². The van der Waals surface area contributed by atoms with Crippen molar-refractivity contribution < 1.29 is 17.9 Å². The lowest BCUT2D eigenvalue weighted by atomic mass is 10.2. The van der Waals surface area contributed by atoms with Crippen molar-refractivity contribution in [2.75, 3.05) is 38.1 Å². The number of amides is 1. The first kappa shape index (κ1) is 21.8. The molecule has 1 fully saturated rings. The molecule has 152 valence electrons.